The Kier molecular flexibility index (Phi) is 10.5. The van der Waals surface area contributed by atoms with Crippen LogP contribution in [0.3, 0.4) is 0 Å². The van der Waals surface area contributed by atoms with E-state index in [1.807, 2.05) is 21.3 Å². The van der Waals surface area contributed by atoms with Crippen molar-refractivity contribution in [3.8, 4) is 0 Å². The summed E-state index contributed by atoms with van der Waals surface area (Å²) in [7, 11) is 2.99. The zero-order chi connectivity index (χ0) is 38.0. The second-order valence-corrected chi connectivity index (χ2v) is 28.6. The fourth-order valence-electron chi connectivity index (χ4n) is 21.5. The van der Waals surface area contributed by atoms with Crippen LogP contribution in [-0.4, -0.2) is 30.1 Å². The van der Waals surface area contributed by atoms with E-state index in [0.29, 0.717) is 5.54 Å². The van der Waals surface area contributed by atoms with Gasteiger partial charge >= 0.3 is 8.80 Å². The molecule has 0 aromatic carbocycles. The number of hydrogen-bond acceptors (Lipinski definition) is 3. The van der Waals surface area contributed by atoms with Crippen LogP contribution in [-0.2, 0) is 13.3 Å². The maximum Gasteiger partial charge on any atom is 0.503 e. The SMILES string of the molecule is CO[Si](OC)(OC)C1CCCC2CC3CC4CC5CC6CC7CC8CC9CC%10CC%11CC%12CCCCC%12CC%11CC%10CC9CC8CC7CC6CC5CC4CC3CC21. The normalized spacial score (nSPS) is 56.6. The van der Waals surface area contributed by atoms with E-state index in [4.69, 9.17) is 13.3 Å². The van der Waals surface area contributed by atoms with E-state index in [9.17, 15) is 0 Å². The summed E-state index contributed by atoms with van der Waals surface area (Å²) in [6.07, 6.45) is 42.9. The van der Waals surface area contributed by atoms with E-state index >= 15 is 0 Å². The van der Waals surface area contributed by atoms with Crippen molar-refractivity contribution < 1.29 is 13.3 Å². The topological polar surface area (TPSA) is 27.7 Å². The van der Waals surface area contributed by atoms with Crippen molar-refractivity contribution in [3.05, 3.63) is 0 Å². The first-order valence-electron chi connectivity index (χ1n) is 26.6. The van der Waals surface area contributed by atoms with Crippen molar-refractivity contribution in [2.24, 2.45) is 130 Å². The van der Waals surface area contributed by atoms with Gasteiger partial charge in [0.15, 0.2) is 0 Å². The summed E-state index contributed by atoms with van der Waals surface area (Å²) in [6, 6.07) is 0. The molecule has 0 radical (unpaired) electrons. The van der Waals surface area contributed by atoms with Gasteiger partial charge in [0.2, 0.25) is 0 Å². The van der Waals surface area contributed by atoms with Crippen LogP contribution in [0, 0.1) is 130 Å². The van der Waals surface area contributed by atoms with Gasteiger partial charge in [-0.05, 0) is 265 Å². The van der Waals surface area contributed by atoms with E-state index in [2.05, 4.69) is 0 Å². The van der Waals surface area contributed by atoms with Crippen LogP contribution < -0.4 is 0 Å². The monoisotopic (exact) mass is 799 g/mol. The molecule has 0 N–H and O–H groups in total. The molecule has 12 aliphatic rings. The van der Waals surface area contributed by atoms with Crippen molar-refractivity contribution in [2.45, 2.75) is 179 Å². The summed E-state index contributed by atoms with van der Waals surface area (Å²) in [5.74, 6) is 23.5. The minimum atomic E-state index is -2.60. The van der Waals surface area contributed by atoms with Gasteiger partial charge in [-0.25, -0.2) is 0 Å². The maximum atomic E-state index is 6.17. The number of fused-ring (bicyclic) bond motifs is 11. The van der Waals surface area contributed by atoms with Crippen LogP contribution in [0.1, 0.15) is 173 Å². The lowest BCUT2D eigenvalue weighted by Gasteiger charge is -2.59. The summed E-state index contributed by atoms with van der Waals surface area (Å²) in [6.45, 7) is 0. The minimum Gasteiger partial charge on any atom is -0.377 e. The third kappa shape index (κ3) is 6.74. The summed E-state index contributed by atoms with van der Waals surface area (Å²) in [5, 5.41) is 0. The molecule has 0 aromatic rings. The van der Waals surface area contributed by atoms with Gasteiger partial charge in [0, 0.05) is 26.9 Å². The average molecular weight is 799 g/mol. The van der Waals surface area contributed by atoms with E-state index in [1.54, 1.807) is 141 Å². The molecular weight excluding hydrogens is 713 g/mol. The molecule has 12 fully saturated rings. The first-order chi connectivity index (χ1) is 27.9. The molecular formula is C53H86O3Si. The first kappa shape index (κ1) is 38.7. The second kappa shape index (κ2) is 15.4. The Balaban J connectivity index is 0.670. The van der Waals surface area contributed by atoms with Crippen molar-refractivity contribution in [3.63, 3.8) is 0 Å². The minimum absolute atomic E-state index is 0.516. The van der Waals surface area contributed by atoms with Gasteiger partial charge in [-0.3, -0.25) is 0 Å². The highest BCUT2D eigenvalue weighted by atomic mass is 28.4. The van der Waals surface area contributed by atoms with E-state index in [-0.39, 0.29) is 0 Å². The summed E-state index contributed by atoms with van der Waals surface area (Å²) < 4.78 is 18.5. The van der Waals surface area contributed by atoms with Crippen LogP contribution >= 0.6 is 0 Å². The van der Waals surface area contributed by atoms with E-state index in [0.717, 1.165) is 130 Å². The fraction of sp³-hybridized carbons (Fsp3) is 1.00. The highest BCUT2D eigenvalue weighted by Gasteiger charge is 2.58. The van der Waals surface area contributed by atoms with Crippen LogP contribution in [0.2, 0.25) is 5.54 Å². The van der Waals surface area contributed by atoms with Crippen LogP contribution in [0.25, 0.3) is 0 Å². The van der Waals surface area contributed by atoms with Crippen LogP contribution in [0.5, 0.6) is 0 Å². The van der Waals surface area contributed by atoms with Crippen LogP contribution in [0.4, 0.5) is 0 Å². The lowest BCUT2D eigenvalue weighted by atomic mass is 9.47. The third-order valence-electron chi connectivity index (χ3n) is 23.7. The lowest BCUT2D eigenvalue weighted by molar-refractivity contribution is -0.0870. The van der Waals surface area contributed by atoms with Gasteiger partial charge in [-0.15, -0.1) is 0 Å². The van der Waals surface area contributed by atoms with Gasteiger partial charge in [-0.1, -0.05) is 38.5 Å². The fourth-order valence-corrected chi connectivity index (χ4v) is 24.4. The Morgan fingerprint density at radius 2 is 0.474 bits per heavy atom. The molecule has 0 amide bonds. The smallest absolute Gasteiger partial charge is 0.377 e. The maximum absolute atomic E-state index is 6.17. The molecule has 0 heterocycles. The molecule has 12 rings (SSSR count). The van der Waals surface area contributed by atoms with Gasteiger partial charge in [-0.2, -0.15) is 0 Å². The van der Waals surface area contributed by atoms with Gasteiger partial charge in [0.1, 0.15) is 0 Å². The molecule has 23 atom stereocenters. The third-order valence-corrected chi connectivity index (χ3v) is 27.0. The zero-order valence-electron chi connectivity index (χ0n) is 37.1. The Labute approximate surface area is 351 Å². The molecule has 0 aliphatic heterocycles. The average Bonchev–Trinajstić information content (AvgIpc) is 3.23. The summed E-state index contributed by atoms with van der Waals surface area (Å²) >= 11 is 0. The Bertz CT molecular complexity index is 1420. The van der Waals surface area contributed by atoms with Crippen molar-refractivity contribution >= 4 is 8.80 Å². The molecule has 0 bridgehead atoms. The Morgan fingerprint density at radius 3 is 0.754 bits per heavy atom. The van der Waals surface area contributed by atoms with Crippen molar-refractivity contribution in [1.29, 1.82) is 0 Å². The highest BCUT2D eigenvalue weighted by Crippen LogP contribution is 2.65. The number of rotatable bonds is 4. The molecule has 320 valence electrons. The molecule has 23 unspecified atom stereocenters. The predicted molar refractivity (Wildman–Crippen MR) is 232 cm³/mol. The lowest BCUT2D eigenvalue weighted by Crippen LogP contribution is -2.54. The van der Waals surface area contributed by atoms with Gasteiger partial charge in [0.05, 0.1) is 0 Å². The molecule has 0 saturated heterocycles. The standard InChI is InChI=1S/C53H86O3Si/c1-54-57(55-2,56-3)53-10-6-9-33-13-36-16-39-19-42-22-45-25-46-23-43-20-40-17-37-14-34-11-31-7-4-5-8-32(31)12-35(34)15-38(37)18-41(40)21-44(43)24-47(46)26-48(45)27-49(42)28-50(39)29-51(36)30-52(33)53/h31-53H,4-30H2,1-3H3. The quantitative estimate of drug-likeness (QED) is 0.265. The van der Waals surface area contributed by atoms with E-state index < -0.39 is 8.80 Å². The Hall–Kier alpha value is 0.0969. The molecule has 3 nitrogen and oxygen atoms in total. The molecule has 57 heavy (non-hydrogen) atoms. The molecule has 4 heteroatoms. The molecule has 0 spiro atoms. The largest absolute Gasteiger partial charge is 0.503 e. The second-order valence-electron chi connectivity index (χ2n) is 25.4. The molecule has 12 saturated carbocycles. The van der Waals surface area contributed by atoms with Crippen molar-refractivity contribution in [2.75, 3.05) is 21.3 Å². The molecule has 0 aromatic heterocycles. The van der Waals surface area contributed by atoms with Gasteiger partial charge < -0.3 is 13.3 Å². The number of hydrogen-bond donors (Lipinski definition) is 0. The van der Waals surface area contributed by atoms with Crippen LogP contribution in [0.15, 0.2) is 0 Å². The Morgan fingerprint density at radius 1 is 0.246 bits per heavy atom. The summed E-state index contributed by atoms with van der Waals surface area (Å²) in [5.41, 5.74) is 0.516. The van der Waals surface area contributed by atoms with E-state index in [1.165, 1.54) is 32.1 Å². The first-order valence-corrected chi connectivity index (χ1v) is 28.4. The van der Waals surface area contributed by atoms with Crippen molar-refractivity contribution in [1.82, 2.24) is 0 Å². The molecule has 12 aliphatic carbocycles. The summed E-state index contributed by atoms with van der Waals surface area (Å²) in [4.78, 5) is 0. The van der Waals surface area contributed by atoms with Gasteiger partial charge in [0.25, 0.3) is 0 Å². The predicted octanol–water partition coefficient (Wildman–Crippen LogP) is 13.5. The zero-order valence-corrected chi connectivity index (χ0v) is 38.1. The highest BCUT2D eigenvalue weighted by molar-refractivity contribution is 6.62.